The predicted molar refractivity (Wildman–Crippen MR) is 64.8 cm³/mol. The van der Waals surface area contributed by atoms with E-state index in [9.17, 15) is 0 Å². The van der Waals surface area contributed by atoms with Gasteiger partial charge in [-0.3, -0.25) is 0 Å². The molecule has 76 valence electrons. The largest absolute Gasteiger partial charge is 0.382 e. The fourth-order valence-corrected chi connectivity index (χ4v) is 1.56. The van der Waals surface area contributed by atoms with E-state index in [2.05, 4.69) is 21.4 Å². The Hall–Kier alpha value is -1.48. The standard InChI is InChI=1S/C12H10BrNO/c13-10-5-4-6-11(9-10)14-15-12-7-2-1-3-8-12/h1-9,14H. The van der Waals surface area contributed by atoms with Gasteiger partial charge >= 0.3 is 0 Å². The minimum atomic E-state index is 0.789. The van der Waals surface area contributed by atoms with Crippen molar-refractivity contribution in [1.29, 1.82) is 0 Å². The summed E-state index contributed by atoms with van der Waals surface area (Å²) < 4.78 is 1.02. The maximum Gasteiger partial charge on any atom is 0.155 e. The van der Waals surface area contributed by atoms with Gasteiger partial charge in [-0.1, -0.05) is 40.2 Å². The lowest BCUT2D eigenvalue weighted by Gasteiger charge is -2.07. The van der Waals surface area contributed by atoms with E-state index in [1.165, 1.54) is 0 Å². The second-order valence-corrected chi connectivity index (χ2v) is 3.94. The van der Waals surface area contributed by atoms with Crippen LogP contribution >= 0.6 is 15.9 Å². The molecule has 0 heterocycles. The van der Waals surface area contributed by atoms with Crippen LogP contribution in [0.2, 0.25) is 0 Å². The third-order valence-corrected chi connectivity index (χ3v) is 2.35. The van der Waals surface area contributed by atoms with E-state index in [0.29, 0.717) is 0 Å². The number of hydrogen-bond acceptors (Lipinski definition) is 2. The fraction of sp³-hybridized carbons (Fsp3) is 0. The molecule has 1 N–H and O–H groups in total. The number of hydrogen-bond donors (Lipinski definition) is 1. The van der Waals surface area contributed by atoms with Crippen molar-refractivity contribution in [2.24, 2.45) is 0 Å². The van der Waals surface area contributed by atoms with E-state index in [-0.39, 0.29) is 0 Å². The van der Waals surface area contributed by atoms with Gasteiger partial charge in [-0.25, -0.2) is 5.48 Å². The Kier molecular flexibility index (Phi) is 3.25. The third kappa shape index (κ3) is 2.99. The number of nitrogens with one attached hydrogen (secondary N) is 1. The molecule has 0 saturated carbocycles. The van der Waals surface area contributed by atoms with Crippen LogP contribution in [0.25, 0.3) is 0 Å². The van der Waals surface area contributed by atoms with Gasteiger partial charge < -0.3 is 4.84 Å². The van der Waals surface area contributed by atoms with Crippen LogP contribution in [-0.4, -0.2) is 0 Å². The number of para-hydroxylation sites is 1. The van der Waals surface area contributed by atoms with Crippen LogP contribution in [0, 0.1) is 0 Å². The minimum absolute atomic E-state index is 0.789. The first-order chi connectivity index (χ1) is 7.34. The number of rotatable bonds is 3. The van der Waals surface area contributed by atoms with Crippen LogP contribution in [0.4, 0.5) is 5.69 Å². The Labute approximate surface area is 97.0 Å². The summed E-state index contributed by atoms with van der Waals surface area (Å²) in [5.41, 5.74) is 3.78. The van der Waals surface area contributed by atoms with E-state index >= 15 is 0 Å². The van der Waals surface area contributed by atoms with Crippen LogP contribution < -0.4 is 10.3 Å². The Balaban J connectivity index is 1.99. The summed E-state index contributed by atoms with van der Waals surface area (Å²) in [6.07, 6.45) is 0. The van der Waals surface area contributed by atoms with Crippen LogP contribution in [-0.2, 0) is 0 Å². The molecule has 0 aliphatic rings. The Bertz CT molecular complexity index is 431. The lowest BCUT2D eigenvalue weighted by molar-refractivity contribution is 0.405. The summed E-state index contributed by atoms with van der Waals surface area (Å²) >= 11 is 3.39. The van der Waals surface area contributed by atoms with Gasteiger partial charge in [0.05, 0.1) is 5.69 Å². The highest BCUT2D eigenvalue weighted by Gasteiger charge is 1.94. The molecule has 0 spiro atoms. The lowest BCUT2D eigenvalue weighted by Crippen LogP contribution is -2.03. The first kappa shape index (κ1) is 10.1. The Morgan fingerprint density at radius 1 is 0.933 bits per heavy atom. The molecule has 0 unspecified atom stereocenters. The summed E-state index contributed by atoms with van der Waals surface area (Å²) in [6.45, 7) is 0. The molecule has 2 aromatic rings. The summed E-state index contributed by atoms with van der Waals surface area (Å²) in [4.78, 5) is 5.38. The third-order valence-electron chi connectivity index (χ3n) is 1.85. The van der Waals surface area contributed by atoms with E-state index in [4.69, 9.17) is 4.84 Å². The molecule has 0 radical (unpaired) electrons. The lowest BCUT2D eigenvalue weighted by atomic mass is 10.3. The average Bonchev–Trinajstić information content (AvgIpc) is 2.28. The van der Waals surface area contributed by atoms with Crippen molar-refractivity contribution in [3.05, 3.63) is 59.1 Å². The molecule has 0 atom stereocenters. The molecular weight excluding hydrogens is 254 g/mol. The summed E-state index contributed by atoms with van der Waals surface area (Å²) in [7, 11) is 0. The minimum Gasteiger partial charge on any atom is -0.382 e. The Morgan fingerprint density at radius 3 is 2.47 bits per heavy atom. The van der Waals surface area contributed by atoms with Crippen molar-refractivity contribution in [2.45, 2.75) is 0 Å². The second kappa shape index (κ2) is 4.84. The van der Waals surface area contributed by atoms with Gasteiger partial charge in [0.25, 0.3) is 0 Å². The highest BCUT2D eigenvalue weighted by atomic mass is 79.9. The van der Waals surface area contributed by atoms with Crippen molar-refractivity contribution < 1.29 is 4.84 Å². The molecule has 0 amide bonds. The Morgan fingerprint density at radius 2 is 1.73 bits per heavy atom. The summed E-state index contributed by atoms with van der Waals surface area (Å²) in [6, 6.07) is 17.4. The van der Waals surface area contributed by atoms with E-state index in [0.717, 1.165) is 15.9 Å². The highest BCUT2D eigenvalue weighted by molar-refractivity contribution is 9.10. The summed E-state index contributed by atoms with van der Waals surface area (Å²) in [5, 5.41) is 0. The molecule has 15 heavy (non-hydrogen) atoms. The molecule has 0 aromatic heterocycles. The van der Waals surface area contributed by atoms with Crippen molar-refractivity contribution in [3.63, 3.8) is 0 Å². The van der Waals surface area contributed by atoms with E-state index < -0.39 is 0 Å². The maximum absolute atomic E-state index is 5.38. The molecule has 0 fully saturated rings. The SMILES string of the molecule is Brc1cccc(NOc2ccccc2)c1. The van der Waals surface area contributed by atoms with Gasteiger partial charge in [0.15, 0.2) is 5.75 Å². The van der Waals surface area contributed by atoms with Crippen LogP contribution in [0.3, 0.4) is 0 Å². The van der Waals surface area contributed by atoms with Gasteiger partial charge in [-0.15, -0.1) is 0 Å². The van der Waals surface area contributed by atoms with Gasteiger partial charge in [0.1, 0.15) is 0 Å². The number of benzene rings is 2. The average molecular weight is 264 g/mol. The predicted octanol–water partition coefficient (Wildman–Crippen LogP) is 3.86. The first-order valence-electron chi connectivity index (χ1n) is 4.58. The maximum atomic E-state index is 5.38. The van der Waals surface area contributed by atoms with Crippen molar-refractivity contribution in [1.82, 2.24) is 0 Å². The van der Waals surface area contributed by atoms with Crippen LogP contribution in [0.1, 0.15) is 0 Å². The van der Waals surface area contributed by atoms with Gasteiger partial charge in [0.2, 0.25) is 0 Å². The zero-order valence-corrected chi connectivity index (χ0v) is 9.57. The van der Waals surface area contributed by atoms with Crippen molar-refractivity contribution >= 4 is 21.6 Å². The molecule has 2 rings (SSSR count). The van der Waals surface area contributed by atoms with Gasteiger partial charge in [0, 0.05) is 4.47 Å². The van der Waals surface area contributed by atoms with Gasteiger partial charge in [-0.05, 0) is 30.3 Å². The summed E-state index contributed by atoms with van der Waals surface area (Å²) in [5.74, 6) is 0.789. The fourth-order valence-electron chi connectivity index (χ4n) is 1.16. The first-order valence-corrected chi connectivity index (χ1v) is 5.37. The van der Waals surface area contributed by atoms with Crippen molar-refractivity contribution in [3.8, 4) is 5.75 Å². The quantitative estimate of drug-likeness (QED) is 0.850. The van der Waals surface area contributed by atoms with Gasteiger partial charge in [-0.2, -0.15) is 0 Å². The van der Waals surface area contributed by atoms with Crippen LogP contribution in [0.15, 0.2) is 59.1 Å². The smallest absolute Gasteiger partial charge is 0.155 e. The van der Waals surface area contributed by atoms with E-state index in [1.54, 1.807) is 0 Å². The molecular formula is C12H10BrNO. The zero-order valence-electron chi connectivity index (χ0n) is 7.98. The molecule has 0 aliphatic carbocycles. The normalized spacial score (nSPS) is 9.67. The number of halogens is 1. The molecule has 3 heteroatoms. The van der Waals surface area contributed by atoms with Crippen molar-refractivity contribution in [2.75, 3.05) is 5.48 Å². The van der Waals surface area contributed by atoms with Crippen LogP contribution in [0.5, 0.6) is 5.75 Å². The molecule has 0 saturated heterocycles. The monoisotopic (exact) mass is 263 g/mol. The van der Waals surface area contributed by atoms with E-state index in [1.807, 2.05) is 54.6 Å². The topological polar surface area (TPSA) is 21.3 Å². The zero-order chi connectivity index (χ0) is 10.5. The molecule has 0 aliphatic heterocycles. The highest BCUT2D eigenvalue weighted by Crippen LogP contribution is 2.16. The number of anilines is 1. The molecule has 2 aromatic carbocycles. The molecule has 0 bridgehead atoms. The molecule has 2 nitrogen and oxygen atoms in total. The second-order valence-electron chi connectivity index (χ2n) is 3.03.